The maximum atomic E-state index is 6.32. The summed E-state index contributed by atoms with van der Waals surface area (Å²) in [4.78, 5) is 0. The van der Waals surface area contributed by atoms with E-state index in [9.17, 15) is 0 Å². The van der Waals surface area contributed by atoms with E-state index in [2.05, 4.69) is 38.1 Å². The molecule has 20 heavy (non-hydrogen) atoms. The second-order valence-electron chi connectivity index (χ2n) is 5.23. The molecule has 0 aromatic heterocycles. The van der Waals surface area contributed by atoms with Crippen molar-refractivity contribution in [1.29, 1.82) is 0 Å². The van der Waals surface area contributed by atoms with Crippen molar-refractivity contribution in [3.8, 4) is 5.75 Å². The molecular formula is C18H23NO. The fourth-order valence-corrected chi connectivity index (χ4v) is 2.30. The van der Waals surface area contributed by atoms with Gasteiger partial charge in [0, 0.05) is 6.04 Å². The monoisotopic (exact) mass is 269 g/mol. The first-order valence-corrected chi connectivity index (χ1v) is 7.14. The highest BCUT2D eigenvalue weighted by atomic mass is 16.5. The first-order valence-electron chi connectivity index (χ1n) is 7.14. The molecule has 1 unspecified atom stereocenters. The van der Waals surface area contributed by atoms with E-state index in [1.165, 1.54) is 16.7 Å². The Morgan fingerprint density at radius 2 is 1.85 bits per heavy atom. The molecule has 2 rings (SSSR count). The van der Waals surface area contributed by atoms with Gasteiger partial charge in [-0.3, -0.25) is 0 Å². The van der Waals surface area contributed by atoms with Crippen LogP contribution in [0.4, 0.5) is 0 Å². The molecule has 2 heteroatoms. The number of rotatable bonds is 5. The van der Waals surface area contributed by atoms with Crippen molar-refractivity contribution in [1.82, 2.24) is 0 Å². The third-order valence-electron chi connectivity index (χ3n) is 3.62. The summed E-state index contributed by atoms with van der Waals surface area (Å²) in [6.45, 7) is 6.93. The maximum absolute atomic E-state index is 6.32. The molecule has 0 amide bonds. The summed E-state index contributed by atoms with van der Waals surface area (Å²) in [6, 6.07) is 14.6. The fourth-order valence-electron chi connectivity index (χ4n) is 2.30. The van der Waals surface area contributed by atoms with Gasteiger partial charge < -0.3 is 10.5 Å². The molecule has 2 aromatic carbocycles. The SMILES string of the molecule is CCOc1cccc(C(N)Cc2ccc(C)c(C)c2)c1. The minimum atomic E-state index is -0.00230. The summed E-state index contributed by atoms with van der Waals surface area (Å²) in [5, 5.41) is 0. The molecule has 0 aliphatic rings. The lowest BCUT2D eigenvalue weighted by Crippen LogP contribution is -2.13. The van der Waals surface area contributed by atoms with Gasteiger partial charge in [0.1, 0.15) is 5.75 Å². The number of benzene rings is 2. The number of hydrogen-bond acceptors (Lipinski definition) is 2. The van der Waals surface area contributed by atoms with Gasteiger partial charge >= 0.3 is 0 Å². The topological polar surface area (TPSA) is 35.2 Å². The van der Waals surface area contributed by atoms with Crippen LogP contribution in [0.15, 0.2) is 42.5 Å². The lowest BCUT2D eigenvalue weighted by molar-refractivity contribution is 0.339. The summed E-state index contributed by atoms with van der Waals surface area (Å²) in [7, 11) is 0. The standard InChI is InChI=1S/C18H23NO/c1-4-20-17-7-5-6-16(12-17)18(19)11-15-9-8-13(2)14(3)10-15/h5-10,12,18H,4,11,19H2,1-3H3. The van der Waals surface area contributed by atoms with Gasteiger partial charge in [0.25, 0.3) is 0 Å². The summed E-state index contributed by atoms with van der Waals surface area (Å²) in [5.74, 6) is 0.889. The van der Waals surface area contributed by atoms with Gasteiger partial charge in [-0.25, -0.2) is 0 Å². The molecule has 2 nitrogen and oxygen atoms in total. The summed E-state index contributed by atoms with van der Waals surface area (Å²) >= 11 is 0. The third-order valence-corrected chi connectivity index (χ3v) is 3.62. The number of ether oxygens (including phenoxy) is 1. The van der Waals surface area contributed by atoms with E-state index < -0.39 is 0 Å². The van der Waals surface area contributed by atoms with E-state index in [0.717, 1.165) is 17.7 Å². The minimum Gasteiger partial charge on any atom is -0.494 e. The molecule has 0 spiro atoms. The van der Waals surface area contributed by atoms with Crippen molar-refractivity contribution in [3.05, 3.63) is 64.7 Å². The molecule has 0 radical (unpaired) electrons. The smallest absolute Gasteiger partial charge is 0.119 e. The van der Waals surface area contributed by atoms with Crippen LogP contribution in [0.5, 0.6) is 5.75 Å². The van der Waals surface area contributed by atoms with Crippen LogP contribution in [0.25, 0.3) is 0 Å². The van der Waals surface area contributed by atoms with Crippen LogP contribution in [-0.2, 0) is 6.42 Å². The largest absolute Gasteiger partial charge is 0.494 e. The molecule has 0 saturated carbocycles. The van der Waals surface area contributed by atoms with Crippen molar-refractivity contribution in [3.63, 3.8) is 0 Å². The Balaban J connectivity index is 2.12. The van der Waals surface area contributed by atoms with Crippen LogP contribution in [0, 0.1) is 13.8 Å². The van der Waals surface area contributed by atoms with E-state index in [-0.39, 0.29) is 6.04 Å². The van der Waals surface area contributed by atoms with Crippen LogP contribution in [0.2, 0.25) is 0 Å². The normalized spacial score (nSPS) is 12.2. The van der Waals surface area contributed by atoms with Crippen LogP contribution in [0.1, 0.15) is 35.2 Å². The van der Waals surface area contributed by atoms with Gasteiger partial charge in [-0.2, -0.15) is 0 Å². The fraction of sp³-hybridized carbons (Fsp3) is 0.333. The van der Waals surface area contributed by atoms with E-state index in [4.69, 9.17) is 10.5 Å². The summed E-state index contributed by atoms with van der Waals surface area (Å²) < 4.78 is 5.53. The average molecular weight is 269 g/mol. The Bertz CT molecular complexity index is 577. The quantitative estimate of drug-likeness (QED) is 0.892. The first kappa shape index (κ1) is 14.6. The molecule has 2 N–H and O–H groups in total. The van der Waals surface area contributed by atoms with E-state index in [0.29, 0.717) is 6.61 Å². The highest BCUT2D eigenvalue weighted by Crippen LogP contribution is 2.22. The highest BCUT2D eigenvalue weighted by Gasteiger charge is 2.09. The summed E-state index contributed by atoms with van der Waals surface area (Å²) in [6.07, 6.45) is 0.844. The molecule has 0 aliphatic heterocycles. The Kier molecular flexibility index (Phi) is 4.80. The van der Waals surface area contributed by atoms with Crippen molar-refractivity contribution in [2.45, 2.75) is 33.2 Å². The number of aryl methyl sites for hydroxylation is 2. The molecular weight excluding hydrogens is 246 g/mol. The molecule has 1 atom stereocenters. The molecule has 0 saturated heterocycles. The molecule has 2 aromatic rings. The highest BCUT2D eigenvalue weighted by molar-refractivity contribution is 5.34. The number of hydrogen-bond donors (Lipinski definition) is 1. The minimum absolute atomic E-state index is 0.00230. The maximum Gasteiger partial charge on any atom is 0.119 e. The molecule has 0 heterocycles. The molecule has 0 fully saturated rings. The van der Waals surface area contributed by atoms with Gasteiger partial charge in [-0.05, 0) is 61.6 Å². The van der Waals surface area contributed by atoms with Crippen LogP contribution in [-0.4, -0.2) is 6.61 Å². The van der Waals surface area contributed by atoms with Crippen molar-refractivity contribution in [2.24, 2.45) is 5.73 Å². The zero-order valence-electron chi connectivity index (χ0n) is 12.5. The van der Waals surface area contributed by atoms with E-state index >= 15 is 0 Å². The summed E-state index contributed by atoms with van der Waals surface area (Å²) in [5.41, 5.74) is 11.4. The van der Waals surface area contributed by atoms with Crippen LogP contribution in [0.3, 0.4) is 0 Å². The second kappa shape index (κ2) is 6.58. The van der Waals surface area contributed by atoms with Gasteiger partial charge in [0.2, 0.25) is 0 Å². The Hall–Kier alpha value is -1.80. The molecule has 0 aliphatic carbocycles. The zero-order chi connectivity index (χ0) is 14.5. The van der Waals surface area contributed by atoms with Crippen molar-refractivity contribution < 1.29 is 4.74 Å². The lowest BCUT2D eigenvalue weighted by atomic mass is 9.97. The van der Waals surface area contributed by atoms with E-state index in [1.807, 2.05) is 25.1 Å². The van der Waals surface area contributed by atoms with Crippen molar-refractivity contribution in [2.75, 3.05) is 6.61 Å². The predicted octanol–water partition coefficient (Wildman–Crippen LogP) is 3.94. The zero-order valence-corrected chi connectivity index (χ0v) is 12.5. The van der Waals surface area contributed by atoms with Gasteiger partial charge in [-0.15, -0.1) is 0 Å². The average Bonchev–Trinajstić information content (AvgIpc) is 2.43. The first-order chi connectivity index (χ1) is 9.60. The molecule has 106 valence electrons. The third kappa shape index (κ3) is 3.61. The van der Waals surface area contributed by atoms with E-state index in [1.54, 1.807) is 0 Å². The molecule has 0 bridgehead atoms. The van der Waals surface area contributed by atoms with Crippen LogP contribution < -0.4 is 10.5 Å². The predicted molar refractivity (Wildman–Crippen MR) is 84.2 cm³/mol. The van der Waals surface area contributed by atoms with Crippen molar-refractivity contribution >= 4 is 0 Å². The lowest BCUT2D eigenvalue weighted by Gasteiger charge is -2.14. The Morgan fingerprint density at radius 1 is 1.05 bits per heavy atom. The van der Waals surface area contributed by atoms with Gasteiger partial charge in [-0.1, -0.05) is 30.3 Å². The van der Waals surface area contributed by atoms with Gasteiger partial charge in [0.15, 0.2) is 0 Å². The van der Waals surface area contributed by atoms with Gasteiger partial charge in [0.05, 0.1) is 6.61 Å². The Labute approximate surface area is 121 Å². The Morgan fingerprint density at radius 3 is 2.55 bits per heavy atom. The number of nitrogens with two attached hydrogens (primary N) is 1. The van der Waals surface area contributed by atoms with Crippen LogP contribution >= 0.6 is 0 Å². The second-order valence-corrected chi connectivity index (χ2v) is 5.23.